The van der Waals surface area contributed by atoms with Crippen molar-refractivity contribution < 1.29 is 0 Å². The van der Waals surface area contributed by atoms with Crippen LogP contribution in [0.3, 0.4) is 0 Å². The van der Waals surface area contributed by atoms with Crippen LogP contribution in [0.15, 0.2) is 42.5 Å². The van der Waals surface area contributed by atoms with E-state index < -0.39 is 0 Å². The lowest BCUT2D eigenvalue weighted by molar-refractivity contribution is 0.637. The summed E-state index contributed by atoms with van der Waals surface area (Å²) in [5, 5.41) is 0. The van der Waals surface area contributed by atoms with Gasteiger partial charge in [-0.2, -0.15) is 0 Å². The Hall–Kier alpha value is -1.04. The Morgan fingerprint density at radius 1 is 0.800 bits per heavy atom. The first kappa shape index (κ1) is 14.0. The van der Waals surface area contributed by atoms with E-state index in [-0.39, 0.29) is 0 Å². The van der Waals surface area contributed by atoms with Gasteiger partial charge >= 0.3 is 0 Å². The Morgan fingerprint density at radius 2 is 1.47 bits per heavy atom. The Balaban J connectivity index is 3.27. The van der Waals surface area contributed by atoms with E-state index in [1.165, 1.54) is 44.6 Å². The van der Waals surface area contributed by atoms with Crippen LogP contribution in [0, 0.1) is 6.58 Å². The van der Waals surface area contributed by atoms with Gasteiger partial charge in [0.15, 0.2) is 0 Å². The summed E-state index contributed by atoms with van der Waals surface area (Å²) in [5.74, 6) is 0. The molecular formula is C15H23. The molecule has 0 bridgehead atoms. The van der Waals surface area contributed by atoms with Gasteiger partial charge in [0.2, 0.25) is 0 Å². The predicted octanol–water partition coefficient (Wildman–Crippen LogP) is 5.00. The molecule has 0 fully saturated rings. The van der Waals surface area contributed by atoms with Crippen molar-refractivity contribution in [1.29, 1.82) is 0 Å². The number of unbranched alkanes of at least 4 members (excludes halogenated alkanes) is 5. The molecule has 0 heterocycles. The highest BCUT2D eigenvalue weighted by atomic mass is 13.9. The number of rotatable bonds is 9. The fourth-order valence-electron chi connectivity index (χ4n) is 1.30. The maximum atomic E-state index is 5.19. The molecule has 0 aromatic carbocycles. The third kappa shape index (κ3) is 13.0. The quantitative estimate of drug-likeness (QED) is 0.365. The molecule has 0 nitrogen and oxygen atoms in total. The third-order valence-electron chi connectivity index (χ3n) is 2.17. The van der Waals surface area contributed by atoms with E-state index in [9.17, 15) is 0 Å². The van der Waals surface area contributed by atoms with Crippen LogP contribution >= 0.6 is 0 Å². The van der Waals surface area contributed by atoms with Crippen molar-refractivity contribution in [1.82, 2.24) is 0 Å². The zero-order valence-corrected chi connectivity index (χ0v) is 9.86. The van der Waals surface area contributed by atoms with Gasteiger partial charge in [0, 0.05) is 0 Å². The second kappa shape index (κ2) is 13.0. The molecule has 0 aromatic heterocycles. The highest BCUT2D eigenvalue weighted by Gasteiger charge is 1.85. The van der Waals surface area contributed by atoms with E-state index in [0.717, 1.165) is 0 Å². The summed E-state index contributed by atoms with van der Waals surface area (Å²) in [5.41, 5.74) is 0. The van der Waals surface area contributed by atoms with Crippen LogP contribution in [-0.4, -0.2) is 0 Å². The van der Waals surface area contributed by atoms with Gasteiger partial charge in [-0.05, 0) is 12.8 Å². The van der Waals surface area contributed by atoms with Gasteiger partial charge in [-0.15, -0.1) is 0 Å². The summed E-state index contributed by atoms with van der Waals surface area (Å²) < 4.78 is 0. The molecule has 83 valence electrons. The minimum atomic E-state index is 1.20. The lowest BCUT2D eigenvalue weighted by atomic mass is 10.1. The number of hydrogen-bond donors (Lipinski definition) is 0. The summed E-state index contributed by atoms with van der Waals surface area (Å²) in [6.45, 7) is 7.43. The van der Waals surface area contributed by atoms with Crippen LogP contribution in [0.2, 0.25) is 0 Å². The van der Waals surface area contributed by atoms with E-state index >= 15 is 0 Å². The van der Waals surface area contributed by atoms with Gasteiger partial charge in [-0.3, -0.25) is 0 Å². The second-order valence-electron chi connectivity index (χ2n) is 3.59. The predicted molar refractivity (Wildman–Crippen MR) is 69.7 cm³/mol. The van der Waals surface area contributed by atoms with Crippen molar-refractivity contribution >= 4 is 0 Å². The summed E-state index contributed by atoms with van der Waals surface area (Å²) >= 11 is 0. The maximum Gasteiger partial charge on any atom is -0.0348 e. The molecule has 0 saturated carbocycles. The van der Waals surface area contributed by atoms with E-state index in [4.69, 9.17) is 6.58 Å². The summed E-state index contributed by atoms with van der Waals surface area (Å²) in [4.78, 5) is 0. The third-order valence-corrected chi connectivity index (χ3v) is 2.17. The molecule has 0 unspecified atom stereocenters. The largest absolute Gasteiger partial charge is 0.0845 e. The van der Waals surface area contributed by atoms with Crippen LogP contribution in [0.5, 0.6) is 0 Å². The Kier molecular flexibility index (Phi) is 12.1. The van der Waals surface area contributed by atoms with Gasteiger partial charge in [-0.1, -0.05) is 81.7 Å². The molecule has 1 radical (unpaired) electrons. The molecule has 0 aliphatic carbocycles. The van der Waals surface area contributed by atoms with E-state index in [1.54, 1.807) is 0 Å². The normalized spacial score (nSPS) is 12.1. The van der Waals surface area contributed by atoms with Gasteiger partial charge in [0.1, 0.15) is 0 Å². The highest BCUT2D eigenvalue weighted by Crippen LogP contribution is 2.05. The molecule has 0 saturated heterocycles. The van der Waals surface area contributed by atoms with Crippen molar-refractivity contribution in [3.8, 4) is 0 Å². The summed E-state index contributed by atoms with van der Waals surface area (Å²) in [6.07, 6.45) is 21.6. The van der Waals surface area contributed by atoms with E-state index in [2.05, 4.69) is 19.1 Å². The standard InChI is InChI=1S/C15H23/c1-3-5-7-9-11-13-15-14-12-10-8-6-4-2/h1,3,5,7,9,11,13,15H,4,6,8,10,12,14H2,2H3. The Bertz CT molecular complexity index is 206. The lowest BCUT2D eigenvalue weighted by Gasteiger charge is -1.95. The van der Waals surface area contributed by atoms with Crippen molar-refractivity contribution in [2.24, 2.45) is 0 Å². The first-order valence-corrected chi connectivity index (χ1v) is 5.95. The van der Waals surface area contributed by atoms with Crippen LogP contribution in [0.4, 0.5) is 0 Å². The highest BCUT2D eigenvalue weighted by molar-refractivity contribution is 5.13. The van der Waals surface area contributed by atoms with Crippen LogP contribution in [-0.2, 0) is 0 Å². The molecule has 15 heavy (non-hydrogen) atoms. The molecule has 0 aromatic rings. The maximum absolute atomic E-state index is 5.19. The van der Waals surface area contributed by atoms with Crippen LogP contribution in [0.1, 0.15) is 45.4 Å². The van der Waals surface area contributed by atoms with Crippen LogP contribution in [0.25, 0.3) is 0 Å². The number of allylic oxidation sites excluding steroid dienone is 7. The Labute approximate surface area is 95.1 Å². The monoisotopic (exact) mass is 203 g/mol. The molecule has 0 aliphatic heterocycles. The van der Waals surface area contributed by atoms with Crippen molar-refractivity contribution in [3.63, 3.8) is 0 Å². The number of hydrogen-bond acceptors (Lipinski definition) is 0. The smallest absolute Gasteiger partial charge is 0.0348 e. The molecule has 0 amide bonds. The molecule has 0 rings (SSSR count). The van der Waals surface area contributed by atoms with Crippen molar-refractivity contribution in [2.45, 2.75) is 45.4 Å². The lowest BCUT2D eigenvalue weighted by Crippen LogP contribution is -1.75. The second-order valence-corrected chi connectivity index (χ2v) is 3.59. The summed E-state index contributed by atoms with van der Waals surface area (Å²) in [7, 11) is 0. The minimum Gasteiger partial charge on any atom is -0.0845 e. The molecule has 0 heteroatoms. The van der Waals surface area contributed by atoms with Crippen LogP contribution < -0.4 is 0 Å². The van der Waals surface area contributed by atoms with Gasteiger partial charge < -0.3 is 0 Å². The van der Waals surface area contributed by atoms with E-state index in [0.29, 0.717) is 0 Å². The SMILES string of the molecule is [CH]=CC=CC=CC=CCCCCCCC. The average Bonchev–Trinajstić information content (AvgIpc) is 2.26. The topological polar surface area (TPSA) is 0 Å². The van der Waals surface area contributed by atoms with Crippen molar-refractivity contribution in [3.05, 3.63) is 49.1 Å². The molecule has 0 atom stereocenters. The Morgan fingerprint density at radius 3 is 2.20 bits per heavy atom. The van der Waals surface area contributed by atoms with E-state index in [1.807, 2.05) is 24.3 Å². The zero-order valence-electron chi connectivity index (χ0n) is 9.86. The molecule has 0 aliphatic rings. The van der Waals surface area contributed by atoms with Crippen molar-refractivity contribution in [2.75, 3.05) is 0 Å². The fraction of sp³-hybridized carbons (Fsp3) is 0.467. The van der Waals surface area contributed by atoms with Gasteiger partial charge in [-0.25, -0.2) is 0 Å². The molecule has 0 spiro atoms. The minimum absolute atomic E-state index is 1.20. The van der Waals surface area contributed by atoms with Gasteiger partial charge in [0.25, 0.3) is 0 Å². The zero-order chi connectivity index (χ0) is 11.2. The first-order chi connectivity index (χ1) is 7.41. The molecular weight excluding hydrogens is 180 g/mol. The first-order valence-electron chi connectivity index (χ1n) is 5.95. The molecule has 0 N–H and O–H groups in total. The fourth-order valence-corrected chi connectivity index (χ4v) is 1.30. The van der Waals surface area contributed by atoms with Gasteiger partial charge in [0.05, 0.1) is 0 Å². The average molecular weight is 203 g/mol. The summed E-state index contributed by atoms with van der Waals surface area (Å²) in [6, 6.07) is 0.